The number of rotatable bonds is 3. The maximum atomic E-state index is 8.88. The number of hydrogen-bond donors (Lipinski definition) is 6. The minimum Gasteiger partial charge on any atom is -0.376 e. The van der Waals surface area contributed by atoms with E-state index in [0.29, 0.717) is 0 Å². The van der Waals surface area contributed by atoms with Crippen molar-refractivity contribution in [1.29, 1.82) is 0 Å². The Labute approximate surface area is 94.1 Å². The summed E-state index contributed by atoms with van der Waals surface area (Å²) in [5.74, 6) is 12.5. The smallest absolute Gasteiger partial charge is 0.376 e. The van der Waals surface area contributed by atoms with Crippen molar-refractivity contribution in [1.82, 2.24) is 0 Å². The van der Waals surface area contributed by atoms with Gasteiger partial charge in [0.05, 0.1) is 0 Å². The van der Waals surface area contributed by atoms with Crippen LogP contribution in [0.1, 0.15) is 0 Å². The normalized spacial score (nSPS) is 7.18. The summed E-state index contributed by atoms with van der Waals surface area (Å²) >= 11 is 0. The van der Waals surface area contributed by atoms with Crippen molar-refractivity contribution in [2.45, 2.75) is 0 Å². The van der Waals surface area contributed by atoms with Gasteiger partial charge in [0.25, 0.3) is 0 Å². The molecule has 104 valence electrons. The summed E-state index contributed by atoms with van der Waals surface area (Å²) in [5.41, 5.74) is 0. The quantitative estimate of drug-likeness (QED) is 0.165. The Kier molecular flexibility index (Phi) is 34.6. The third-order valence-electron chi connectivity index (χ3n) is 0.167. The van der Waals surface area contributed by atoms with Crippen molar-refractivity contribution >= 4 is 27.2 Å². The second-order valence-corrected chi connectivity index (χ2v) is 2.24. The minimum absolute atomic E-state index is 0.153. The molecular weight excluding hydrogens is 269 g/mol. The zero-order valence-electron chi connectivity index (χ0n) is 8.11. The molecule has 0 aliphatic heterocycles. The van der Waals surface area contributed by atoms with E-state index in [1.165, 1.54) is 0 Å². The molecule has 0 aliphatic rings. The number of phosphoric acid groups is 1. The van der Waals surface area contributed by atoms with Crippen LogP contribution in [0.25, 0.3) is 0 Å². The summed E-state index contributed by atoms with van der Waals surface area (Å²) in [4.78, 5) is 58.1. The predicted octanol–water partition coefficient (Wildman–Crippen LogP) is -3.83. The van der Waals surface area contributed by atoms with Gasteiger partial charge in [0, 0.05) is 0 Å². The van der Waals surface area contributed by atoms with Crippen molar-refractivity contribution in [2.75, 3.05) is 0 Å². The SMILES string of the molecule is NOC=O.NOC=O.NOC=O.O=P(O)(O)O. The predicted molar refractivity (Wildman–Crippen MR) is 48.3 cm³/mol. The number of carbonyl (C=O) groups is 3. The van der Waals surface area contributed by atoms with Gasteiger partial charge in [0.15, 0.2) is 0 Å². The van der Waals surface area contributed by atoms with Crippen molar-refractivity contribution < 1.29 is 48.1 Å². The molecule has 0 saturated heterocycles. The van der Waals surface area contributed by atoms with Crippen LogP contribution in [0.3, 0.4) is 0 Å². The Bertz CT molecular complexity index is 178. The van der Waals surface area contributed by atoms with Gasteiger partial charge < -0.3 is 29.2 Å². The van der Waals surface area contributed by atoms with E-state index in [-0.39, 0.29) is 19.4 Å². The van der Waals surface area contributed by atoms with Gasteiger partial charge in [-0.05, 0) is 0 Å². The molecular formula is C3H12N3O10P. The third-order valence-corrected chi connectivity index (χ3v) is 0.167. The van der Waals surface area contributed by atoms with Crippen LogP contribution in [0.4, 0.5) is 0 Å². The maximum Gasteiger partial charge on any atom is 0.466 e. The van der Waals surface area contributed by atoms with Crippen molar-refractivity contribution in [2.24, 2.45) is 17.7 Å². The zero-order chi connectivity index (χ0) is 14.7. The Hall–Kier alpha value is -1.60. The van der Waals surface area contributed by atoms with Gasteiger partial charge in [-0.3, -0.25) is 14.4 Å². The molecule has 0 rings (SSSR count). The molecule has 0 unspecified atom stereocenters. The largest absolute Gasteiger partial charge is 0.466 e. The Morgan fingerprint density at radius 2 is 0.824 bits per heavy atom. The maximum absolute atomic E-state index is 8.88. The van der Waals surface area contributed by atoms with Crippen LogP contribution < -0.4 is 17.7 Å². The van der Waals surface area contributed by atoms with Crippen molar-refractivity contribution in [3.63, 3.8) is 0 Å². The zero-order valence-corrected chi connectivity index (χ0v) is 9.01. The van der Waals surface area contributed by atoms with E-state index in [4.69, 9.17) is 33.6 Å². The number of nitrogens with two attached hydrogens (primary N) is 3. The second-order valence-electron chi connectivity index (χ2n) is 1.21. The lowest BCUT2D eigenvalue weighted by atomic mass is 11.6. The van der Waals surface area contributed by atoms with Crippen LogP contribution in [0, 0.1) is 0 Å². The molecule has 0 bridgehead atoms. The van der Waals surface area contributed by atoms with E-state index in [9.17, 15) is 0 Å². The Morgan fingerprint density at radius 3 is 0.824 bits per heavy atom. The summed E-state index contributed by atoms with van der Waals surface area (Å²) in [6.45, 7) is 0.458. The lowest BCUT2D eigenvalue weighted by Gasteiger charge is -1.82. The summed E-state index contributed by atoms with van der Waals surface area (Å²) in [5, 5.41) is 0. The summed E-state index contributed by atoms with van der Waals surface area (Å²) in [6.07, 6.45) is 0. The van der Waals surface area contributed by atoms with Gasteiger partial charge in [0.1, 0.15) is 0 Å². The molecule has 13 nitrogen and oxygen atoms in total. The first-order valence-electron chi connectivity index (χ1n) is 2.90. The van der Waals surface area contributed by atoms with Crippen LogP contribution in [0.5, 0.6) is 0 Å². The van der Waals surface area contributed by atoms with Crippen LogP contribution in [0.2, 0.25) is 0 Å². The highest BCUT2D eigenvalue weighted by Gasteiger charge is 2.00. The van der Waals surface area contributed by atoms with Crippen molar-refractivity contribution in [3.8, 4) is 0 Å². The van der Waals surface area contributed by atoms with Crippen LogP contribution >= 0.6 is 7.82 Å². The first-order chi connectivity index (χ1) is 7.74. The minimum atomic E-state index is -4.64. The molecule has 9 N–H and O–H groups in total. The van der Waals surface area contributed by atoms with E-state index in [1.54, 1.807) is 0 Å². The Balaban J connectivity index is -0.0000000667. The fraction of sp³-hybridized carbons (Fsp3) is 0. The fourth-order valence-electron chi connectivity index (χ4n) is 0. The Morgan fingerprint density at radius 1 is 0.765 bits per heavy atom. The van der Waals surface area contributed by atoms with E-state index < -0.39 is 7.82 Å². The van der Waals surface area contributed by atoms with Crippen molar-refractivity contribution in [3.05, 3.63) is 0 Å². The molecule has 0 radical (unpaired) electrons. The van der Waals surface area contributed by atoms with Gasteiger partial charge >= 0.3 is 27.2 Å². The first-order valence-corrected chi connectivity index (χ1v) is 4.47. The van der Waals surface area contributed by atoms with Crippen LogP contribution in [-0.2, 0) is 33.5 Å². The molecule has 14 heteroatoms. The standard InChI is InChI=1S/3CH3NO2.H3O4P/c3*2-4-1-3;1-5(2,3)4/h3*1H,2H2;(H3,1,2,3,4). The molecule has 17 heavy (non-hydrogen) atoms. The van der Waals surface area contributed by atoms with E-state index >= 15 is 0 Å². The van der Waals surface area contributed by atoms with Gasteiger partial charge in [-0.1, -0.05) is 0 Å². The van der Waals surface area contributed by atoms with E-state index in [2.05, 4.69) is 32.2 Å². The molecule has 0 aromatic heterocycles. The molecule has 0 aromatic carbocycles. The molecule has 0 amide bonds. The van der Waals surface area contributed by atoms with E-state index in [1.807, 2.05) is 0 Å². The third kappa shape index (κ3) is 1130. The number of hydrogen-bond acceptors (Lipinski definition) is 10. The number of carbonyl (C=O) groups excluding carboxylic acids is 3. The lowest BCUT2D eigenvalue weighted by Crippen LogP contribution is -1.92. The van der Waals surface area contributed by atoms with Crippen LogP contribution in [0.15, 0.2) is 0 Å². The highest BCUT2D eigenvalue weighted by Crippen LogP contribution is 2.25. The molecule has 0 spiro atoms. The molecule has 0 heterocycles. The molecule has 0 saturated carbocycles. The summed E-state index contributed by atoms with van der Waals surface area (Å²) in [6, 6.07) is 0. The first kappa shape index (κ1) is 24.6. The van der Waals surface area contributed by atoms with E-state index in [0.717, 1.165) is 0 Å². The summed E-state index contributed by atoms with van der Waals surface area (Å²) in [7, 11) is -4.64. The average molecular weight is 281 g/mol. The monoisotopic (exact) mass is 281 g/mol. The molecule has 0 fully saturated rings. The second kappa shape index (κ2) is 23.9. The highest BCUT2D eigenvalue weighted by molar-refractivity contribution is 7.45. The highest BCUT2D eigenvalue weighted by atomic mass is 31.2. The lowest BCUT2D eigenvalue weighted by molar-refractivity contribution is -0.129. The molecule has 0 atom stereocenters. The topological polar surface area (TPSA) is 235 Å². The van der Waals surface area contributed by atoms with Gasteiger partial charge in [-0.2, -0.15) is 17.7 Å². The van der Waals surface area contributed by atoms with Gasteiger partial charge in [-0.25, -0.2) is 4.57 Å². The molecule has 0 aromatic rings. The summed E-state index contributed by atoms with van der Waals surface area (Å²) < 4.78 is 8.88. The van der Waals surface area contributed by atoms with Gasteiger partial charge in [-0.15, -0.1) is 0 Å². The molecule has 0 aliphatic carbocycles. The van der Waals surface area contributed by atoms with Gasteiger partial charge in [0.2, 0.25) is 0 Å². The fourth-order valence-corrected chi connectivity index (χ4v) is 0. The average Bonchev–Trinajstić information content (AvgIpc) is 2.27. The van der Waals surface area contributed by atoms with Crippen LogP contribution in [-0.4, -0.2) is 34.1 Å².